The predicted molar refractivity (Wildman–Crippen MR) is 142 cm³/mol. The molecule has 0 aliphatic carbocycles. The number of carbonyl (C=O) groups excluding carboxylic acids is 1. The van der Waals surface area contributed by atoms with Crippen molar-refractivity contribution in [3.63, 3.8) is 0 Å². The number of Topliss-reactive ketones (excluding diaryl/α,β-unsaturated/α-hetero) is 1. The van der Waals surface area contributed by atoms with E-state index in [1.54, 1.807) is 29.3 Å². The van der Waals surface area contributed by atoms with Gasteiger partial charge in [0.05, 0.1) is 17.1 Å². The zero-order valence-electron chi connectivity index (χ0n) is 21.4. The lowest BCUT2D eigenvalue weighted by molar-refractivity contribution is -0.137. The highest BCUT2D eigenvalue weighted by molar-refractivity contribution is 7.89. The molecule has 1 saturated heterocycles. The number of carbonyl (C=O) groups is 1. The fourth-order valence-electron chi connectivity index (χ4n) is 4.21. The average molecular weight is 598 g/mol. The predicted octanol–water partition coefficient (Wildman–Crippen LogP) is 6.27. The molecular formula is C27H27ClF3N3O5S. The van der Waals surface area contributed by atoms with Gasteiger partial charge in [0.25, 0.3) is 10.0 Å². The largest absolute Gasteiger partial charge is 0.494 e. The van der Waals surface area contributed by atoms with Gasteiger partial charge in [0, 0.05) is 24.3 Å². The standard InChI is InChI=1S/C27H27ClF3N3O5S/c1-18(35)19-6-8-22(9-7-19)38-15-3-5-21-4-2-14-34(21)33-40(36,37)24-12-10-23(11-13-24)39-26-25(28)16-20(17-32-26)27(29,30)31/h6-13,16-17,21,33H,2-5,14-15H2,1H3. The van der Waals surface area contributed by atoms with Crippen LogP contribution < -0.4 is 14.3 Å². The smallest absolute Gasteiger partial charge is 0.417 e. The third kappa shape index (κ3) is 7.72. The fourth-order valence-corrected chi connectivity index (χ4v) is 5.57. The summed E-state index contributed by atoms with van der Waals surface area (Å²) in [5, 5.41) is 1.39. The number of ketones is 1. The minimum atomic E-state index is -4.59. The van der Waals surface area contributed by atoms with Gasteiger partial charge >= 0.3 is 6.18 Å². The Morgan fingerprint density at radius 3 is 2.42 bits per heavy atom. The van der Waals surface area contributed by atoms with E-state index >= 15 is 0 Å². The van der Waals surface area contributed by atoms with E-state index < -0.39 is 21.8 Å². The Morgan fingerprint density at radius 2 is 1.80 bits per heavy atom. The van der Waals surface area contributed by atoms with Gasteiger partial charge in [0.2, 0.25) is 5.88 Å². The van der Waals surface area contributed by atoms with E-state index in [2.05, 4.69) is 9.82 Å². The van der Waals surface area contributed by atoms with E-state index in [1.807, 2.05) is 0 Å². The van der Waals surface area contributed by atoms with Gasteiger partial charge in [-0.25, -0.2) is 18.4 Å². The molecule has 1 fully saturated rings. The van der Waals surface area contributed by atoms with Crippen molar-refractivity contribution in [2.75, 3.05) is 13.2 Å². The van der Waals surface area contributed by atoms with Gasteiger partial charge < -0.3 is 9.47 Å². The number of nitrogens with one attached hydrogen (secondary N) is 1. The molecule has 1 aliphatic heterocycles. The van der Waals surface area contributed by atoms with Crippen LogP contribution in [0, 0.1) is 0 Å². The van der Waals surface area contributed by atoms with E-state index in [1.165, 1.54) is 31.2 Å². The number of pyridine rings is 1. The van der Waals surface area contributed by atoms with E-state index in [0.717, 1.165) is 19.3 Å². The molecule has 0 spiro atoms. The molecule has 214 valence electrons. The molecule has 0 amide bonds. The van der Waals surface area contributed by atoms with Crippen LogP contribution in [0.25, 0.3) is 0 Å². The summed E-state index contributed by atoms with van der Waals surface area (Å²) in [6.45, 7) is 2.52. The summed E-state index contributed by atoms with van der Waals surface area (Å²) >= 11 is 5.87. The number of nitrogens with zero attached hydrogens (tertiary/aromatic N) is 2. The van der Waals surface area contributed by atoms with Crippen molar-refractivity contribution in [3.05, 3.63) is 76.9 Å². The number of hydrazine groups is 1. The molecule has 1 aromatic heterocycles. The van der Waals surface area contributed by atoms with Crippen LogP contribution >= 0.6 is 11.6 Å². The van der Waals surface area contributed by atoms with Crippen LogP contribution in [0.1, 0.15) is 48.5 Å². The third-order valence-corrected chi connectivity index (χ3v) is 7.95. The molecule has 1 atom stereocenters. The van der Waals surface area contributed by atoms with Gasteiger partial charge in [-0.05, 0) is 87.2 Å². The number of hydrogen-bond acceptors (Lipinski definition) is 7. The van der Waals surface area contributed by atoms with Gasteiger partial charge in [0.15, 0.2) is 5.78 Å². The molecule has 1 unspecified atom stereocenters. The lowest BCUT2D eigenvalue weighted by atomic mass is 10.1. The molecule has 13 heteroatoms. The third-order valence-electron chi connectivity index (χ3n) is 6.31. The Morgan fingerprint density at radius 1 is 1.12 bits per heavy atom. The number of hydrogen-bond donors (Lipinski definition) is 1. The Labute approximate surface area is 235 Å². The highest BCUT2D eigenvalue weighted by Crippen LogP contribution is 2.35. The molecular weight excluding hydrogens is 571 g/mol. The number of benzene rings is 2. The SMILES string of the molecule is CC(=O)c1ccc(OCCCC2CCCN2NS(=O)(=O)c2ccc(Oc3ncc(C(F)(F)F)cc3Cl)cc2)cc1. The number of rotatable bonds is 11. The highest BCUT2D eigenvalue weighted by atomic mass is 35.5. The second kappa shape index (κ2) is 12.5. The van der Waals surface area contributed by atoms with Crippen LogP contribution in [-0.2, 0) is 16.2 Å². The van der Waals surface area contributed by atoms with Gasteiger partial charge in [0.1, 0.15) is 16.5 Å². The summed E-state index contributed by atoms with van der Waals surface area (Å²) in [5.74, 6) is 0.571. The number of halogens is 4. The number of sulfonamides is 1. The molecule has 2 aromatic carbocycles. The molecule has 0 radical (unpaired) electrons. The van der Waals surface area contributed by atoms with Crippen molar-refractivity contribution < 1.29 is 35.9 Å². The first kappa shape index (κ1) is 29.8. The first-order valence-corrected chi connectivity index (χ1v) is 14.3. The summed E-state index contributed by atoms with van der Waals surface area (Å²) < 4.78 is 75.6. The van der Waals surface area contributed by atoms with Crippen molar-refractivity contribution in [3.8, 4) is 17.4 Å². The van der Waals surface area contributed by atoms with Crippen molar-refractivity contribution in [1.29, 1.82) is 0 Å². The first-order chi connectivity index (χ1) is 18.9. The molecule has 2 heterocycles. The number of alkyl halides is 3. The maximum atomic E-state index is 13.0. The van der Waals surface area contributed by atoms with Crippen molar-refractivity contribution >= 4 is 27.4 Å². The van der Waals surface area contributed by atoms with Gasteiger partial charge in [-0.15, -0.1) is 4.83 Å². The summed E-state index contributed by atoms with van der Waals surface area (Å²) in [4.78, 5) is 17.6. The van der Waals surface area contributed by atoms with Gasteiger partial charge in [-0.1, -0.05) is 11.6 Å². The Hall–Kier alpha value is -3.19. The highest BCUT2D eigenvalue weighted by Gasteiger charge is 2.32. The lowest BCUT2D eigenvalue weighted by Gasteiger charge is -2.25. The lowest BCUT2D eigenvalue weighted by Crippen LogP contribution is -2.45. The van der Waals surface area contributed by atoms with Gasteiger partial charge in [-0.3, -0.25) is 4.79 Å². The second-order valence-corrected chi connectivity index (χ2v) is 11.3. The van der Waals surface area contributed by atoms with Crippen LogP contribution in [0.2, 0.25) is 5.02 Å². The van der Waals surface area contributed by atoms with Crippen LogP contribution in [0.4, 0.5) is 13.2 Å². The molecule has 8 nitrogen and oxygen atoms in total. The monoisotopic (exact) mass is 597 g/mol. The number of aromatic nitrogens is 1. The van der Waals surface area contributed by atoms with E-state index in [0.29, 0.717) is 43.1 Å². The van der Waals surface area contributed by atoms with Gasteiger partial charge in [-0.2, -0.15) is 13.2 Å². The Kier molecular flexibility index (Phi) is 9.34. The van der Waals surface area contributed by atoms with Crippen molar-refractivity contribution in [2.24, 2.45) is 0 Å². The second-order valence-electron chi connectivity index (χ2n) is 9.24. The number of ether oxygens (including phenoxy) is 2. The maximum Gasteiger partial charge on any atom is 0.417 e. The minimum absolute atomic E-state index is 0.00526. The van der Waals surface area contributed by atoms with Crippen molar-refractivity contribution in [2.45, 2.75) is 49.7 Å². The van der Waals surface area contributed by atoms with Crippen LogP contribution in [0.15, 0.2) is 65.7 Å². The topological polar surface area (TPSA) is 97.8 Å². The molecule has 0 saturated carbocycles. The molecule has 4 rings (SSSR count). The quantitative estimate of drug-likeness (QED) is 0.206. The summed E-state index contributed by atoms with van der Waals surface area (Å²) in [5.41, 5.74) is -0.394. The normalized spacial score (nSPS) is 16.2. The molecule has 1 aliphatic rings. The molecule has 0 bridgehead atoms. The summed E-state index contributed by atoms with van der Waals surface area (Å²) in [6.07, 6.45) is -0.871. The van der Waals surface area contributed by atoms with E-state index in [4.69, 9.17) is 21.1 Å². The summed E-state index contributed by atoms with van der Waals surface area (Å²) in [7, 11) is -3.89. The fraction of sp³-hybridized carbons (Fsp3) is 0.333. The minimum Gasteiger partial charge on any atom is -0.494 e. The molecule has 3 aromatic rings. The summed E-state index contributed by atoms with van der Waals surface area (Å²) in [6, 6.07) is 13.0. The first-order valence-electron chi connectivity index (χ1n) is 12.5. The van der Waals surface area contributed by atoms with Crippen LogP contribution in [0.3, 0.4) is 0 Å². The van der Waals surface area contributed by atoms with E-state index in [-0.39, 0.29) is 33.4 Å². The average Bonchev–Trinajstić information content (AvgIpc) is 3.33. The zero-order valence-corrected chi connectivity index (χ0v) is 23.0. The van der Waals surface area contributed by atoms with Crippen LogP contribution in [0.5, 0.6) is 17.4 Å². The molecule has 1 N–H and O–H groups in total. The Bertz CT molecular complexity index is 1440. The zero-order chi connectivity index (χ0) is 28.9. The Balaban J connectivity index is 1.29. The van der Waals surface area contributed by atoms with E-state index in [9.17, 15) is 26.4 Å². The van der Waals surface area contributed by atoms with Crippen LogP contribution in [-0.4, -0.2) is 43.4 Å². The maximum absolute atomic E-state index is 13.0. The van der Waals surface area contributed by atoms with Crippen molar-refractivity contribution in [1.82, 2.24) is 14.8 Å². The molecule has 40 heavy (non-hydrogen) atoms.